The highest BCUT2D eigenvalue weighted by atomic mass is 16.5. The average Bonchev–Trinajstić information content (AvgIpc) is 2.90. The van der Waals surface area contributed by atoms with Crippen molar-refractivity contribution in [2.45, 2.75) is 32.2 Å². The molecule has 2 N–H and O–H groups in total. The molecule has 4 rings (SSSR count). The Bertz CT molecular complexity index is 1000. The van der Waals surface area contributed by atoms with Gasteiger partial charge >= 0.3 is 0 Å². The predicted molar refractivity (Wildman–Crippen MR) is 136 cm³/mol. The predicted octanol–water partition coefficient (Wildman–Crippen LogP) is 2.65. The van der Waals surface area contributed by atoms with Crippen molar-refractivity contribution >= 4 is 17.6 Å². The van der Waals surface area contributed by atoms with Gasteiger partial charge in [-0.3, -0.25) is 14.7 Å². The lowest BCUT2D eigenvalue weighted by Gasteiger charge is -2.37. The van der Waals surface area contributed by atoms with E-state index in [0.29, 0.717) is 17.8 Å². The third-order valence-electron chi connectivity index (χ3n) is 7.15. The average molecular weight is 481 g/mol. The summed E-state index contributed by atoms with van der Waals surface area (Å²) < 4.78 is 10.9. The fourth-order valence-corrected chi connectivity index (χ4v) is 5.18. The first kappa shape index (κ1) is 24.9. The van der Waals surface area contributed by atoms with Crippen molar-refractivity contribution in [3.63, 3.8) is 0 Å². The highest BCUT2D eigenvalue weighted by Crippen LogP contribution is 2.30. The fourth-order valence-electron chi connectivity index (χ4n) is 5.18. The zero-order valence-corrected chi connectivity index (χ0v) is 20.9. The van der Waals surface area contributed by atoms with Gasteiger partial charge in [0, 0.05) is 73.8 Å². The summed E-state index contributed by atoms with van der Waals surface area (Å²) in [6.45, 7) is 4.14. The lowest BCUT2D eigenvalue weighted by atomic mass is 9.86. The molecule has 0 unspecified atom stereocenters. The van der Waals surface area contributed by atoms with E-state index in [9.17, 15) is 4.79 Å². The normalized spacial score (nSPS) is 18.5. The molecule has 0 bridgehead atoms. The molecular weight excluding hydrogens is 444 g/mol. The van der Waals surface area contributed by atoms with Crippen LogP contribution in [0, 0.1) is 11.8 Å². The smallest absolute Gasteiger partial charge is 0.225 e. The number of nitrogens with zero attached hydrogens (tertiary/aromatic N) is 5. The van der Waals surface area contributed by atoms with Gasteiger partial charge in [0.25, 0.3) is 0 Å². The number of aromatic nitrogens is 2. The van der Waals surface area contributed by atoms with Crippen molar-refractivity contribution in [2.24, 2.45) is 16.8 Å². The first-order chi connectivity index (χ1) is 17.0. The van der Waals surface area contributed by atoms with Crippen LogP contribution in [0.4, 0.5) is 5.95 Å². The van der Waals surface area contributed by atoms with Gasteiger partial charge in [-0.15, -0.1) is 0 Å². The lowest BCUT2D eigenvalue weighted by Crippen LogP contribution is -2.46. The number of nitrogen functional groups attached to an aromatic ring is 1. The molecular formula is C26H36N6O3. The zero-order chi connectivity index (χ0) is 24.8. The fraction of sp³-hybridized carbons (Fsp3) is 0.538. The number of rotatable bonds is 7. The molecule has 0 radical (unpaired) electrons. The summed E-state index contributed by atoms with van der Waals surface area (Å²) in [7, 11) is 5.15. The van der Waals surface area contributed by atoms with E-state index in [0.717, 1.165) is 86.7 Å². The van der Waals surface area contributed by atoms with Gasteiger partial charge in [0.1, 0.15) is 11.5 Å². The van der Waals surface area contributed by atoms with Crippen LogP contribution in [-0.4, -0.2) is 78.8 Å². The number of aliphatic imine (C=N–C) groups is 1. The van der Waals surface area contributed by atoms with Crippen molar-refractivity contribution in [3.05, 3.63) is 41.7 Å². The second kappa shape index (κ2) is 11.5. The summed E-state index contributed by atoms with van der Waals surface area (Å²) in [5.41, 5.74) is 8.69. The number of carbonyl (C=O) groups excluding carboxylic acids is 1. The minimum Gasteiger partial charge on any atom is -0.497 e. The van der Waals surface area contributed by atoms with Crippen molar-refractivity contribution in [3.8, 4) is 11.5 Å². The van der Waals surface area contributed by atoms with Crippen LogP contribution in [-0.2, 0) is 11.3 Å². The molecule has 188 valence electrons. The Morgan fingerprint density at radius 1 is 0.971 bits per heavy atom. The van der Waals surface area contributed by atoms with Crippen molar-refractivity contribution in [2.75, 3.05) is 53.2 Å². The number of amides is 1. The molecule has 1 aromatic heterocycles. The Morgan fingerprint density at radius 3 is 2.09 bits per heavy atom. The molecule has 1 aromatic carbocycles. The summed E-state index contributed by atoms with van der Waals surface area (Å²) >= 11 is 0. The van der Waals surface area contributed by atoms with E-state index in [1.54, 1.807) is 26.6 Å². The third kappa shape index (κ3) is 6.08. The van der Waals surface area contributed by atoms with Crippen molar-refractivity contribution < 1.29 is 14.3 Å². The van der Waals surface area contributed by atoms with Crippen LogP contribution in [0.15, 0.2) is 35.6 Å². The Morgan fingerprint density at radius 2 is 1.54 bits per heavy atom. The maximum atomic E-state index is 13.2. The summed E-state index contributed by atoms with van der Waals surface area (Å²) in [6, 6.07) is 5.88. The van der Waals surface area contributed by atoms with Gasteiger partial charge in [-0.25, -0.2) is 9.97 Å². The van der Waals surface area contributed by atoms with E-state index in [1.807, 2.05) is 25.2 Å². The summed E-state index contributed by atoms with van der Waals surface area (Å²) in [5, 5.41) is 0. The van der Waals surface area contributed by atoms with Crippen LogP contribution >= 0.6 is 0 Å². The van der Waals surface area contributed by atoms with Gasteiger partial charge in [0.15, 0.2) is 0 Å². The van der Waals surface area contributed by atoms with E-state index in [1.165, 1.54) is 0 Å². The molecule has 2 aliphatic rings. The minimum absolute atomic E-state index is 0.104. The largest absolute Gasteiger partial charge is 0.497 e. The number of carbonyl (C=O) groups is 1. The van der Waals surface area contributed by atoms with Crippen LogP contribution in [0.2, 0.25) is 0 Å². The van der Waals surface area contributed by atoms with Gasteiger partial charge in [-0.2, -0.15) is 0 Å². The highest BCUT2D eigenvalue weighted by Gasteiger charge is 2.32. The van der Waals surface area contributed by atoms with Gasteiger partial charge in [-0.05, 0) is 50.9 Å². The molecule has 0 saturated carbocycles. The number of hydrogen-bond donors (Lipinski definition) is 1. The minimum atomic E-state index is 0.104. The van der Waals surface area contributed by atoms with E-state index in [2.05, 4.69) is 24.8 Å². The van der Waals surface area contributed by atoms with Crippen LogP contribution in [0.3, 0.4) is 0 Å². The summed E-state index contributed by atoms with van der Waals surface area (Å²) in [5.74, 6) is 2.52. The number of ether oxygens (including phenoxy) is 2. The molecule has 9 nitrogen and oxygen atoms in total. The molecule has 0 spiro atoms. The van der Waals surface area contributed by atoms with E-state index in [4.69, 9.17) is 15.2 Å². The zero-order valence-electron chi connectivity index (χ0n) is 20.9. The summed E-state index contributed by atoms with van der Waals surface area (Å²) in [6.07, 6.45) is 7.15. The number of benzene rings is 1. The maximum Gasteiger partial charge on any atom is 0.225 e. The van der Waals surface area contributed by atoms with Crippen molar-refractivity contribution in [1.29, 1.82) is 0 Å². The number of nitrogens with two attached hydrogens (primary N) is 1. The van der Waals surface area contributed by atoms with Gasteiger partial charge < -0.3 is 20.1 Å². The quantitative estimate of drug-likeness (QED) is 0.607. The monoisotopic (exact) mass is 480 g/mol. The Labute approximate surface area is 207 Å². The maximum absolute atomic E-state index is 13.2. The molecule has 0 atom stereocenters. The van der Waals surface area contributed by atoms with Crippen molar-refractivity contribution in [1.82, 2.24) is 19.8 Å². The molecule has 2 aromatic rings. The lowest BCUT2D eigenvalue weighted by molar-refractivity contribution is -0.138. The Kier molecular flexibility index (Phi) is 8.17. The van der Waals surface area contributed by atoms with Crippen LogP contribution in [0.25, 0.3) is 0 Å². The van der Waals surface area contributed by atoms with Gasteiger partial charge in [-0.1, -0.05) is 0 Å². The number of methoxy groups -OCH3 is 2. The second-order valence-electron chi connectivity index (χ2n) is 9.31. The Balaban J connectivity index is 1.29. The first-order valence-electron chi connectivity index (χ1n) is 12.3. The number of piperidine rings is 2. The highest BCUT2D eigenvalue weighted by molar-refractivity contribution is 6.03. The number of hydrogen-bond acceptors (Lipinski definition) is 8. The first-order valence-corrected chi connectivity index (χ1v) is 12.3. The van der Waals surface area contributed by atoms with Crippen LogP contribution in [0.1, 0.15) is 36.8 Å². The second-order valence-corrected chi connectivity index (χ2v) is 9.31. The third-order valence-corrected chi connectivity index (χ3v) is 7.15. The van der Waals surface area contributed by atoms with E-state index >= 15 is 0 Å². The van der Waals surface area contributed by atoms with Crippen LogP contribution in [0.5, 0.6) is 11.5 Å². The van der Waals surface area contributed by atoms with Gasteiger partial charge in [0.2, 0.25) is 11.9 Å². The Hall–Kier alpha value is -3.20. The molecule has 2 fully saturated rings. The molecule has 9 heteroatoms. The van der Waals surface area contributed by atoms with E-state index < -0.39 is 0 Å². The molecule has 3 heterocycles. The SMILES string of the molecule is C/N=C(\c1cc(OC)cc(OC)c1)C1CCN(C(=O)C2CCN(Cc3cnc(N)nc3)CC2)CC1. The molecule has 1 amide bonds. The standard InChI is InChI=1S/C26H36N6O3/c1-28-24(21-12-22(34-2)14-23(13-21)35-3)19-6-10-32(11-7-19)25(33)20-4-8-31(9-5-20)17-18-15-29-26(27)30-16-18/h12-16,19-20H,4-11,17H2,1-3H3,(H2,27,29,30)/b28-24-. The number of anilines is 1. The van der Waals surface area contributed by atoms with Gasteiger partial charge in [0.05, 0.1) is 14.2 Å². The molecule has 35 heavy (non-hydrogen) atoms. The van der Waals surface area contributed by atoms with Crippen LogP contribution < -0.4 is 15.2 Å². The molecule has 0 aliphatic carbocycles. The summed E-state index contributed by atoms with van der Waals surface area (Å²) in [4.78, 5) is 30.4. The van der Waals surface area contributed by atoms with E-state index in [-0.39, 0.29) is 5.92 Å². The molecule has 2 saturated heterocycles. The topological polar surface area (TPSA) is 106 Å². The number of likely N-dealkylation sites (tertiary alicyclic amines) is 2. The molecule has 2 aliphatic heterocycles.